The molecule has 4 nitrogen and oxygen atoms in total. The molecule has 0 saturated heterocycles. The Labute approximate surface area is 182 Å². The summed E-state index contributed by atoms with van der Waals surface area (Å²) in [4.78, 5) is 27.0. The summed E-state index contributed by atoms with van der Waals surface area (Å²) >= 11 is 0. The van der Waals surface area contributed by atoms with Gasteiger partial charge in [-0.1, -0.05) is 41.0 Å². The maximum atomic E-state index is 12.2. The number of hydrogen-bond acceptors (Lipinski definition) is 3. The number of ketones is 1. The predicted octanol–water partition coefficient (Wildman–Crippen LogP) is 7.02. The molecule has 0 atom stereocenters. The fourth-order valence-corrected chi connectivity index (χ4v) is 3.11. The SMILES string of the molecule is CC(=O)CCC=C(C)CCC=C(C)CCC=C(C)CCC=C(C)C(=O)n1ccnc1. The molecule has 1 rings (SSSR count). The van der Waals surface area contributed by atoms with Crippen molar-refractivity contribution in [2.75, 3.05) is 0 Å². The molecular weight excluding hydrogens is 372 g/mol. The minimum absolute atomic E-state index is 0.0150. The van der Waals surface area contributed by atoms with Gasteiger partial charge in [0.2, 0.25) is 0 Å². The number of aromatic nitrogens is 2. The Bertz CT molecular complexity index is 793. The molecular formula is C26H38N2O2. The normalized spacial score (nSPS) is 13.6. The van der Waals surface area contributed by atoms with Crippen molar-refractivity contribution in [3.8, 4) is 0 Å². The van der Waals surface area contributed by atoms with Gasteiger partial charge in [0.1, 0.15) is 12.1 Å². The molecule has 30 heavy (non-hydrogen) atoms. The van der Waals surface area contributed by atoms with E-state index in [2.05, 4.69) is 44.0 Å². The van der Waals surface area contributed by atoms with E-state index in [0.29, 0.717) is 6.42 Å². The number of Topliss-reactive ketones (excluding diaryl/α,β-unsaturated/α-hetero) is 1. The van der Waals surface area contributed by atoms with Gasteiger partial charge in [-0.3, -0.25) is 9.36 Å². The molecule has 0 aliphatic carbocycles. The first-order chi connectivity index (χ1) is 14.3. The molecule has 0 unspecified atom stereocenters. The third-order valence-corrected chi connectivity index (χ3v) is 5.12. The zero-order chi connectivity index (χ0) is 22.4. The van der Waals surface area contributed by atoms with Gasteiger partial charge in [-0.25, -0.2) is 4.98 Å². The highest BCUT2D eigenvalue weighted by Gasteiger charge is 2.05. The number of carbonyl (C=O) groups is 2. The number of carbonyl (C=O) groups excluding carboxylic acids is 2. The minimum Gasteiger partial charge on any atom is -0.300 e. The number of hydrogen-bond donors (Lipinski definition) is 0. The van der Waals surface area contributed by atoms with Gasteiger partial charge in [-0.15, -0.1) is 0 Å². The number of imidazole rings is 1. The van der Waals surface area contributed by atoms with Crippen LogP contribution in [0, 0.1) is 0 Å². The third kappa shape index (κ3) is 11.5. The smallest absolute Gasteiger partial charge is 0.258 e. The molecule has 0 fully saturated rings. The van der Waals surface area contributed by atoms with Gasteiger partial charge in [0, 0.05) is 24.4 Å². The van der Waals surface area contributed by atoms with Crippen LogP contribution in [-0.4, -0.2) is 21.2 Å². The molecule has 0 aliphatic heterocycles. The van der Waals surface area contributed by atoms with E-state index >= 15 is 0 Å². The van der Waals surface area contributed by atoms with Crippen molar-refractivity contribution in [3.05, 3.63) is 65.3 Å². The van der Waals surface area contributed by atoms with Crippen molar-refractivity contribution in [2.45, 2.75) is 86.0 Å². The average Bonchev–Trinajstić information content (AvgIpc) is 3.21. The summed E-state index contributed by atoms with van der Waals surface area (Å²) in [6.07, 6.45) is 21.3. The number of rotatable bonds is 13. The van der Waals surface area contributed by atoms with E-state index in [-0.39, 0.29) is 11.7 Å². The molecule has 0 saturated carbocycles. The van der Waals surface area contributed by atoms with Gasteiger partial charge < -0.3 is 4.79 Å². The quantitative estimate of drug-likeness (QED) is 0.259. The van der Waals surface area contributed by atoms with Crippen molar-refractivity contribution in [3.63, 3.8) is 0 Å². The van der Waals surface area contributed by atoms with Crippen LogP contribution in [0.3, 0.4) is 0 Å². The Kier molecular flexibility index (Phi) is 12.3. The van der Waals surface area contributed by atoms with E-state index in [9.17, 15) is 9.59 Å². The van der Waals surface area contributed by atoms with Crippen LogP contribution >= 0.6 is 0 Å². The van der Waals surface area contributed by atoms with Crippen LogP contribution in [-0.2, 0) is 4.79 Å². The number of allylic oxidation sites excluding steroid dienone is 8. The summed E-state index contributed by atoms with van der Waals surface area (Å²) in [6, 6.07) is 0. The molecule has 0 spiro atoms. The van der Waals surface area contributed by atoms with E-state index in [1.54, 1.807) is 19.3 Å². The summed E-state index contributed by atoms with van der Waals surface area (Å²) in [6.45, 7) is 10.0. The Hall–Kier alpha value is -2.49. The Balaban J connectivity index is 2.28. The summed E-state index contributed by atoms with van der Waals surface area (Å²) in [5, 5.41) is 0. The lowest BCUT2D eigenvalue weighted by Gasteiger charge is -2.03. The second kappa shape index (κ2) is 14.5. The fourth-order valence-electron chi connectivity index (χ4n) is 3.11. The second-order valence-corrected chi connectivity index (χ2v) is 8.17. The molecule has 1 aromatic rings. The highest BCUT2D eigenvalue weighted by molar-refractivity contribution is 5.94. The maximum Gasteiger partial charge on any atom is 0.258 e. The molecule has 0 aromatic carbocycles. The largest absolute Gasteiger partial charge is 0.300 e. The number of nitrogens with zero attached hydrogens (tertiary/aromatic N) is 2. The van der Waals surface area contributed by atoms with Crippen LogP contribution in [0.15, 0.2) is 65.3 Å². The third-order valence-electron chi connectivity index (χ3n) is 5.12. The van der Waals surface area contributed by atoms with Crippen LogP contribution in [0.1, 0.15) is 90.8 Å². The van der Waals surface area contributed by atoms with Gasteiger partial charge in [-0.05, 0) is 79.6 Å². The molecule has 0 amide bonds. The molecule has 4 heteroatoms. The lowest BCUT2D eigenvalue weighted by atomic mass is 10.0. The van der Waals surface area contributed by atoms with Gasteiger partial charge in [0.25, 0.3) is 5.91 Å². The van der Waals surface area contributed by atoms with Gasteiger partial charge in [0.05, 0.1) is 0 Å². The monoisotopic (exact) mass is 410 g/mol. The molecule has 0 N–H and O–H groups in total. The van der Waals surface area contributed by atoms with Crippen molar-refractivity contribution >= 4 is 11.7 Å². The van der Waals surface area contributed by atoms with Gasteiger partial charge in [0.15, 0.2) is 0 Å². The standard InChI is InChI=1S/C26H38N2O2/c1-21(11-7-13-23(3)15-9-17-25(5)29)10-6-12-22(2)14-8-16-24(4)26(30)28-19-18-27-20-28/h11-12,15-16,18-20H,6-10,13-14,17H2,1-5H3. The average molecular weight is 411 g/mol. The van der Waals surface area contributed by atoms with E-state index < -0.39 is 0 Å². The predicted molar refractivity (Wildman–Crippen MR) is 125 cm³/mol. The van der Waals surface area contributed by atoms with E-state index in [4.69, 9.17) is 0 Å². The Morgan fingerprint density at radius 3 is 1.63 bits per heavy atom. The van der Waals surface area contributed by atoms with Crippen molar-refractivity contribution in [1.29, 1.82) is 0 Å². The molecule has 164 valence electrons. The maximum absolute atomic E-state index is 12.2. The zero-order valence-corrected chi connectivity index (χ0v) is 19.4. The lowest BCUT2D eigenvalue weighted by Crippen LogP contribution is -2.09. The van der Waals surface area contributed by atoms with Gasteiger partial charge in [-0.2, -0.15) is 0 Å². The topological polar surface area (TPSA) is 52.0 Å². The van der Waals surface area contributed by atoms with Crippen LogP contribution in [0.5, 0.6) is 0 Å². The highest BCUT2D eigenvalue weighted by atomic mass is 16.2. The summed E-state index contributed by atoms with van der Waals surface area (Å²) in [7, 11) is 0. The molecule has 0 radical (unpaired) electrons. The van der Waals surface area contributed by atoms with E-state index in [1.807, 2.05) is 13.0 Å². The summed E-state index contributed by atoms with van der Waals surface area (Å²) in [5.41, 5.74) is 4.92. The lowest BCUT2D eigenvalue weighted by molar-refractivity contribution is -0.116. The Morgan fingerprint density at radius 2 is 1.20 bits per heavy atom. The van der Waals surface area contributed by atoms with Crippen LogP contribution in [0.25, 0.3) is 0 Å². The first-order valence-corrected chi connectivity index (χ1v) is 10.9. The highest BCUT2D eigenvalue weighted by Crippen LogP contribution is 2.14. The summed E-state index contributed by atoms with van der Waals surface area (Å²) < 4.78 is 1.51. The minimum atomic E-state index is -0.0150. The molecule has 1 aromatic heterocycles. The van der Waals surface area contributed by atoms with Gasteiger partial charge >= 0.3 is 0 Å². The van der Waals surface area contributed by atoms with E-state index in [0.717, 1.165) is 50.5 Å². The molecule has 1 heterocycles. The fraction of sp³-hybridized carbons (Fsp3) is 0.500. The zero-order valence-electron chi connectivity index (χ0n) is 19.4. The molecule has 0 aliphatic rings. The first kappa shape index (κ1) is 25.5. The second-order valence-electron chi connectivity index (χ2n) is 8.17. The van der Waals surface area contributed by atoms with Crippen molar-refractivity contribution < 1.29 is 9.59 Å². The summed E-state index contributed by atoms with van der Waals surface area (Å²) in [5.74, 6) is 0.242. The first-order valence-electron chi connectivity index (χ1n) is 10.9. The van der Waals surface area contributed by atoms with Crippen LogP contribution in [0.4, 0.5) is 0 Å². The molecule has 0 bridgehead atoms. The Morgan fingerprint density at radius 1 is 0.733 bits per heavy atom. The van der Waals surface area contributed by atoms with E-state index in [1.165, 1.54) is 27.6 Å². The van der Waals surface area contributed by atoms with Crippen LogP contribution < -0.4 is 0 Å². The van der Waals surface area contributed by atoms with Crippen molar-refractivity contribution in [1.82, 2.24) is 9.55 Å². The van der Waals surface area contributed by atoms with Crippen LogP contribution in [0.2, 0.25) is 0 Å². The van der Waals surface area contributed by atoms with Crippen molar-refractivity contribution in [2.24, 2.45) is 0 Å².